The summed E-state index contributed by atoms with van der Waals surface area (Å²) in [5, 5.41) is 9.09. The average Bonchev–Trinajstić information content (AvgIpc) is 3.38. The third-order valence-corrected chi connectivity index (χ3v) is 6.96. The van der Waals surface area contributed by atoms with Crippen LogP contribution in [0.15, 0.2) is 24.3 Å². The van der Waals surface area contributed by atoms with Gasteiger partial charge in [0.15, 0.2) is 23.1 Å². The van der Waals surface area contributed by atoms with Gasteiger partial charge in [-0.25, -0.2) is 22.7 Å². The molecule has 0 fully saturated rings. The zero-order valence-corrected chi connectivity index (χ0v) is 20.8. The van der Waals surface area contributed by atoms with E-state index >= 15 is 0 Å². The fraction of sp³-hybridized carbons (Fsp3) is 0.385. The van der Waals surface area contributed by atoms with E-state index in [1.807, 2.05) is 38.7 Å². The number of halogens is 3. The summed E-state index contributed by atoms with van der Waals surface area (Å²) < 4.78 is 45.0. The van der Waals surface area contributed by atoms with Crippen molar-refractivity contribution in [2.45, 2.75) is 59.0 Å². The summed E-state index contributed by atoms with van der Waals surface area (Å²) in [7, 11) is 1.69. The quantitative estimate of drug-likeness (QED) is 0.369. The number of rotatable bonds is 4. The highest BCUT2D eigenvalue weighted by atomic mass is 19.2. The summed E-state index contributed by atoms with van der Waals surface area (Å²) in [6.07, 6.45) is 1.70. The molecule has 4 heterocycles. The normalized spacial score (nSPS) is 17.6. The van der Waals surface area contributed by atoms with E-state index in [0.29, 0.717) is 42.0 Å². The lowest BCUT2D eigenvalue weighted by Gasteiger charge is -2.41. The Morgan fingerprint density at radius 3 is 2.36 bits per heavy atom. The van der Waals surface area contributed by atoms with Gasteiger partial charge in [0.1, 0.15) is 5.69 Å². The molecule has 1 aromatic carbocycles. The average molecular weight is 497 g/mol. The summed E-state index contributed by atoms with van der Waals surface area (Å²) in [4.78, 5) is 20.3. The molecule has 3 aromatic heterocycles. The van der Waals surface area contributed by atoms with E-state index in [4.69, 9.17) is 0 Å². The highest BCUT2D eigenvalue weighted by molar-refractivity contribution is 5.93. The lowest BCUT2D eigenvalue weighted by molar-refractivity contribution is 0.0506. The smallest absolute Gasteiger partial charge is 0.273 e. The van der Waals surface area contributed by atoms with Gasteiger partial charge >= 0.3 is 0 Å². The standard InChI is InChI=1S/C26H27F3N6O/c1-6-16-12-17-24(32-33(5)25(17)15-10-18(27)23(29)19(28)11-15)21(7-2)34(16)26(36)20-9-14(4)35-22(30-20)8-13(3)31-35/h8-11,16,21H,6-7,12H2,1-5H3. The monoisotopic (exact) mass is 496 g/mol. The second kappa shape index (κ2) is 8.76. The lowest BCUT2D eigenvalue weighted by Crippen LogP contribution is -2.47. The highest BCUT2D eigenvalue weighted by Crippen LogP contribution is 2.41. The van der Waals surface area contributed by atoms with E-state index in [0.717, 1.165) is 29.1 Å². The zero-order valence-electron chi connectivity index (χ0n) is 20.8. The first-order chi connectivity index (χ1) is 17.1. The molecule has 4 aromatic rings. The Balaban J connectivity index is 1.61. The molecule has 2 atom stereocenters. The predicted molar refractivity (Wildman–Crippen MR) is 128 cm³/mol. The second-order valence-electron chi connectivity index (χ2n) is 9.33. The van der Waals surface area contributed by atoms with Crippen LogP contribution in [0, 0.1) is 31.3 Å². The van der Waals surface area contributed by atoms with Crippen molar-refractivity contribution in [3.63, 3.8) is 0 Å². The molecule has 0 aliphatic carbocycles. The van der Waals surface area contributed by atoms with Gasteiger partial charge in [0, 0.05) is 36.0 Å². The van der Waals surface area contributed by atoms with Crippen LogP contribution in [-0.4, -0.2) is 41.2 Å². The molecule has 1 aliphatic heterocycles. The molecule has 2 unspecified atom stereocenters. The van der Waals surface area contributed by atoms with Crippen molar-refractivity contribution >= 4 is 11.6 Å². The molecule has 0 radical (unpaired) electrons. The molecular weight excluding hydrogens is 469 g/mol. The topological polar surface area (TPSA) is 68.3 Å². The van der Waals surface area contributed by atoms with E-state index < -0.39 is 17.5 Å². The van der Waals surface area contributed by atoms with E-state index in [1.165, 1.54) is 0 Å². The van der Waals surface area contributed by atoms with E-state index in [-0.39, 0.29) is 23.6 Å². The molecule has 0 saturated heterocycles. The van der Waals surface area contributed by atoms with Crippen LogP contribution in [0.4, 0.5) is 13.2 Å². The second-order valence-corrected chi connectivity index (χ2v) is 9.33. The van der Waals surface area contributed by atoms with E-state index in [1.54, 1.807) is 22.3 Å². The van der Waals surface area contributed by atoms with Crippen molar-refractivity contribution in [3.05, 3.63) is 70.1 Å². The predicted octanol–water partition coefficient (Wildman–Crippen LogP) is 5.09. The number of carbonyl (C=O) groups excluding carboxylic acids is 1. The molecule has 7 nitrogen and oxygen atoms in total. The van der Waals surface area contributed by atoms with Crippen molar-refractivity contribution in [2.24, 2.45) is 7.05 Å². The molecule has 0 bridgehead atoms. The summed E-state index contributed by atoms with van der Waals surface area (Å²) in [5.41, 5.74) is 4.78. The highest BCUT2D eigenvalue weighted by Gasteiger charge is 2.40. The van der Waals surface area contributed by atoms with Crippen molar-refractivity contribution in [2.75, 3.05) is 0 Å². The van der Waals surface area contributed by atoms with Crippen molar-refractivity contribution in [1.29, 1.82) is 0 Å². The minimum Gasteiger partial charge on any atom is -0.325 e. The van der Waals surface area contributed by atoms with Gasteiger partial charge in [-0.05, 0) is 51.3 Å². The van der Waals surface area contributed by atoms with Crippen LogP contribution in [0.2, 0.25) is 0 Å². The third-order valence-electron chi connectivity index (χ3n) is 6.96. The van der Waals surface area contributed by atoms with E-state index in [2.05, 4.69) is 15.2 Å². The maximum Gasteiger partial charge on any atom is 0.273 e. The molecule has 5 rings (SSSR count). The molecule has 1 aliphatic rings. The Morgan fingerprint density at radius 2 is 1.72 bits per heavy atom. The Bertz CT molecular complexity index is 1480. The number of aryl methyl sites for hydroxylation is 3. The number of nitrogens with zero attached hydrogens (tertiary/aromatic N) is 6. The van der Waals surface area contributed by atoms with Crippen LogP contribution in [-0.2, 0) is 13.5 Å². The summed E-state index contributed by atoms with van der Waals surface area (Å²) in [6, 6.07) is 5.02. The first-order valence-corrected chi connectivity index (χ1v) is 12.0. The van der Waals surface area contributed by atoms with E-state index in [9.17, 15) is 18.0 Å². The van der Waals surface area contributed by atoms with Gasteiger partial charge in [-0.2, -0.15) is 10.2 Å². The van der Waals surface area contributed by atoms with Crippen LogP contribution >= 0.6 is 0 Å². The van der Waals surface area contributed by atoms with Gasteiger partial charge in [-0.15, -0.1) is 0 Å². The van der Waals surface area contributed by atoms with Gasteiger partial charge < -0.3 is 4.90 Å². The van der Waals surface area contributed by atoms with Crippen LogP contribution in [0.25, 0.3) is 16.9 Å². The third kappa shape index (κ3) is 3.66. The SMILES string of the molecule is CCC1Cc2c(nn(C)c2-c2cc(F)c(F)c(F)c2)C(CC)N1C(=O)c1cc(C)n2nc(C)cc2n1. The fourth-order valence-electron chi connectivity index (χ4n) is 5.35. The van der Waals surface area contributed by atoms with Crippen molar-refractivity contribution in [3.8, 4) is 11.3 Å². The molecule has 0 N–H and O–H groups in total. The number of hydrogen-bond donors (Lipinski definition) is 0. The minimum absolute atomic E-state index is 0.182. The van der Waals surface area contributed by atoms with Crippen LogP contribution < -0.4 is 0 Å². The van der Waals surface area contributed by atoms with Gasteiger partial charge in [-0.1, -0.05) is 13.8 Å². The number of amides is 1. The molecule has 36 heavy (non-hydrogen) atoms. The van der Waals surface area contributed by atoms with Crippen LogP contribution in [0.5, 0.6) is 0 Å². The Labute approximate surface area is 206 Å². The summed E-state index contributed by atoms with van der Waals surface area (Å²) >= 11 is 0. The number of fused-ring (bicyclic) bond motifs is 2. The fourth-order valence-corrected chi connectivity index (χ4v) is 5.35. The molecule has 10 heteroatoms. The van der Waals surface area contributed by atoms with Gasteiger partial charge in [0.25, 0.3) is 5.91 Å². The Hall–Kier alpha value is -3.69. The zero-order chi connectivity index (χ0) is 25.9. The van der Waals surface area contributed by atoms with Crippen molar-refractivity contribution in [1.82, 2.24) is 29.3 Å². The largest absolute Gasteiger partial charge is 0.325 e. The van der Waals surface area contributed by atoms with Crippen LogP contribution in [0.3, 0.4) is 0 Å². The summed E-state index contributed by atoms with van der Waals surface area (Å²) in [6.45, 7) is 7.73. The van der Waals surface area contributed by atoms with Gasteiger partial charge in [-0.3, -0.25) is 9.48 Å². The maximum atomic E-state index is 14.1. The molecule has 0 spiro atoms. The first kappa shape index (κ1) is 24.0. The Kier molecular flexibility index (Phi) is 5.84. The van der Waals surface area contributed by atoms with Gasteiger partial charge in [0.2, 0.25) is 0 Å². The number of carbonyl (C=O) groups is 1. The number of hydrogen-bond acceptors (Lipinski definition) is 4. The van der Waals surface area contributed by atoms with Gasteiger partial charge in [0.05, 0.1) is 23.1 Å². The maximum absolute atomic E-state index is 14.1. The molecular formula is C26H27F3N6O. The molecule has 1 amide bonds. The lowest BCUT2D eigenvalue weighted by atomic mass is 9.87. The number of benzene rings is 1. The van der Waals surface area contributed by atoms with Crippen LogP contribution in [0.1, 0.15) is 65.9 Å². The Morgan fingerprint density at radius 1 is 1.03 bits per heavy atom. The minimum atomic E-state index is -1.50. The summed E-state index contributed by atoms with van der Waals surface area (Å²) in [5.74, 6) is -4.20. The van der Waals surface area contributed by atoms with Crippen molar-refractivity contribution < 1.29 is 18.0 Å². The first-order valence-electron chi connectivity index (χ1n) is 12.0. The molecule has 188 valence electrons. The number of aromatic nitrogens is 5. The molecule has 0 saturated carbocycles.